The minimum absolute atomic E-state index is 0.00608. The van der Waals surface area contributed by atoms with Crippen LogP contribution >= 0.6 is 11.6 Å². The van der Waals surface area contributed by atoms with E-state index in [0.717, 1.165) is 36.8 Å². The predicted octanol–water partition coefficient (Wildman–Crippen LogP) is 4.69. The lowest BCUT2D eigenvalue weighted by molar-refractivity contribution is -0.121. The number of likely N-dealkylation sites (tertiary alicyclic amines) is 1. The summed E-state index contributed by atoms with van der Waals surface area (Å²) in [5.41, 5.74) is 2.30. The van der Waals surface area contributed by atoms with Gasteiger partial charge in [0.05, 0.1) is 10.5 Å². The van der Waals surface area contributed by atoms with E-state index in [4.69, 9.17) is 11.6 Å². The van der Waals surface area contributed by atoms with Crippen LogP contribution in [0.2, 0.25) is 5.02 Å². The Balaban J connectivity index is 1.39. The van der Waals surface area contributed by atoms with E-state index < -0.39 is 0 Å². The molecule has 1 atom stereocenters. The van der Waals surface area contributed by atoms with Crippen molar-refractivity contribution in [2.75, 3.05) is 18.4 Å². The highest BCUT2D eigenvalue weighted by molar-refractivity contribution is 6.30. The van der Waals surface area contributed by atoms with Crippen molar-refractivity contribution in [3.63, 3.8) is 0 Å². The van der Waals surface area contributed by atoms with Gasteiger partial charge in [-0.1, -0.05) is 35.9 Å². The quantitative estimate of drug-likeness (QED) is 0.697. The fourth-order valence-electron chi connectivity index (χ4n) is 3.89. The summed E-state index contributed by atoms with van der Waals surface area (Å²) in [6.45, 7) is 3.99. The Morgan fingerprint density at radius 2 is 1.93 bits per heavy atom. The van der Waals surface area contributed by atoms with E-state index in [-0.39, 0.29) is 17.9 Å². The van der Waals surface area contributed by atoms with Crippen molar-refractivity contribution in [3.8, 4) is 0 Å². The molecule has 5 nitrogen and oxygen atoms in total. The van der Waals surface area contributed by atoms with Crippen LogP contribution in [0.5, 0.6) is 0 Å². The van der Waals surface area contributed by atoms with Gasteiger partial charge in [0.1, 0.15) is 5.82 Å². The topological polar surface area (TPSA) is 58.1 Å². The Morgan fingerprint density at radius 3 is 2.68 bits per heavy atom. The zero-order chi connectivity index (χ0) is 19.5. The zero-order valence-corrected chi connectivity index (χ0v) is 16.6. The Bertz CT molecular complexity index is 962. The number of nitrogens with zero attached hydrogens (tertiary/aromatic N) is 3. The van der Waals surface area contributed by atoms with Crippen LogP contribution in [0, 0.1) is 5.92 Å². The van der Waals surface area contributed by atoms with Crippen molar-refractivity contribution in [2.45, 2.75) is 25.8 Å². The monoisotopic (exact) mass is 394 g/mol. The zero-order valence-electron chi connectivity index (χ0n) is 15.8. The van der Waals surface area contributed by atoms with Crippen LogP contribution < -0.4 is 5.32 Å². The third kappa shape index (κ3) is 4.01. The first-order valence-corrected chi connectivity index (χ1v) is 10.00. The average molecular weight is 395 g/mol. The van der Waals surface area contributed by atoms with Gasteiger partial charge in [-0.25, -0.2) is 4.98 Å². The molecule has 1 unspecified atom stereocenters. The number of amides is 1. The summed E-state index contributed by atoms with van der Waals surface area (Å²) in [5, 5.41) is 4.62. The van der Waals surface area contributed by atoms with Gasteiger partial charge in [0.2, 0.25) is 5.91 Å². The number of rotatable bonds is 4. The Hall–Kier alpha value is -2.50. The molecule has 0 saturated carbocycles. The summed E-state index contributed by atoms with van der Waals surface area (Å²) in [4.78, 5) is 23.7. The Morgan fingerprint density at radius 1 is 1.14 bits per heavy atom. The predicted molar refractivity (Wildman–Crippen MR) is 112 cm³/mol. The van der Waals surface area contributed by atoms with Crippen molar-refractivity contribution >= 4 is 34.2 Å². The minimum atomic E-state index is 0.00608. The summed E-state index contributed by atoms with van der Waals surface area (Å²) in [6.07, 6.45) is 5.06. The van der Waals surface area contributed by atoms with Crippen molar-refractivity contribution in [1.82, 2.24) is 14.9 Å². The molecule has 1 aliphatic rings. The van der Waals surface area contributed by atoms with Gasteiger partial charge in [-0.2, -0.15) is 0 Å². The van der Waals surface area contributed by atoms with Gasteiger partial charge in [0.25, 0.3) is 0 Å². The van der Waals surface area contributed by atoms with Gasteiger partial charge in [-0.15, -0.1) is 0 Å². The van der Waals surface area contributed by atoms with Gasteiger partial charge in [-0.3, -0.25) is 14.7 Å². The fraction of sp³-hybridized carbons (Fsp3) is 0.318. The number of nitrogens with one attached hydrogen (secondary N) is 1. The number of hydrogen-bond donors (Lipinski definition) is 1. The number of carbonyl (C=O) groups is 1. The van der Waals surface area contributed by atoms with Crippen molar-refractivity contribution in [2.24, 2.45) is 5.92 Å². The van der Waals surface area contributed by atoms with Crippen LogP contribution in [0.25, 0.3) is 10.9 Å². The summed E-state index contributed by atoms with van der Waals surface area (Å²) < 4.78 is 0. The summed E-state index contributed by atoms with van der Waals surface area (Å²) in [7, 11) is 0. The first-order valence-electron chi connectivity index (χ1n) is 9.62. The molecule has 1 saturated heterocycles. The SMILES string of the molecule is CC(c1cccc2cccnc12)N1CCC(C(=O)Nc2ccc(Cl)cn2)CC1. The molecule has 28 heavy (non-hydrogen) atoms. The van der Waals surface area contributed by atoms with Gasteiger partial charge in [0, 0.05) is 29.7 Å². The molecule has 4 rings (SSSR count). The molecule has 3 heterocycles. The molecule has 1 amide bonds. The van der Waals surface area contributed by atoms with Gasteiger partial charge in [0.15, 0.2) is 0 Å². The number of benzene rings is 1. The number of carbonyl (C=O) groups excluding carboxylic acids is 1. The summed E-state index contributed by atoms with van der Waals surface area (Å²) in [5.74, 6) is 0.590. The van der Waals surface area contributed by atoms with Crippen LogP contribution in [0.1, 0.15) is 31.4 Å². The van der Waals surface area contributed by atoms with Crippen LogP contribution in [0.15, 0.2) is 54.9 Å². The molecule has 0 spiro atoms. The molecule has 1 N–H and O–H groups in total. The third-order valence-corrected chi connectivity index (χ3v) is 5.76. The summed E-state index contributed by atoms with van der Waals surface area (Å²) in [6, 6.07) is 14.1. The second-order valence-corrected chi connectivity index (χ2v) is 7.70. The number of para-hydroxylation sites is 1. The number of piperidine rings is 1. The highest BCUT2D eigenvalue weighted by Gasteiger charge is 2.28. The number of aromatic nitrogens is 2. The van der Waals surface area contributed by atoms with E-state index in [9.17, 15) is 4.79 Å². The van der Waals surface area contributed by atoms with Crippen LogP contribution in [0.3, 0.4) is 0 Å². The number of pyridine rings is 2. The molecule has 144 valence electrons. The molecule has 0 radical (unpaired) electrons. The van der Waals surface area contributed by atoms with Crippen LogP contribution in [0.4, 0.5) is 5.82 Å². The number of anilines is 1. The minimum Gasteiger partial charge on any atom is -0.310 e. The molecule has 2 aromatic heterocycles. The number of halogens is 1. The van der Waals surface area contributed by atoms with E-state index >= 15 is 0 Å². The highest BCUT2D eigenvalue weighted by atomic mass is 35.5. The normalized spacial score (nSPS) is 16.8. The first kappa shape index (κ1) is 18.8. The smallest absolute Gasteiger partial charge is 0.228 e. The third-order valence-electron chi connectivity index (χ3n) is 5.54. The van der Waals surface area contributed by atoms with Gasteiger partial charge < -0.3 is 5.32 Å². The van der Waals surface area contributed by atoms with Crippen LogP contribution in [-0.2, 0) is 4.79 Å². The lowest BCUT2D eigenvalue weighted by atomic mass is 9.93. The molecule has 0 aliphatic carbocycles. The van der Waals surface area contributed by atoms with E-state index in [0.29, 0.717) is 10.8 Å². The maximum atomic E-state index is 12.6. The molecule has 0 bridgehead atoms. The molecule has 1 fully saturated rings. The molecule has 3 aromatic rings. The van der Waals surface area contributed by atoms with Crippen molar-refractivity contribution in [3.05, 3.63) is 65.4 Å². The molecule has 6 heteroatoms. The fourth-order valence-corrected chi connectivity index (χ4v) is 4.00. The second-order valence-electron chi connectivity index (χ2n) is 7.26. The Labute approximate surface area is 169 Å². The van der Waals surface area contributed by atoms with E-state index in [1.54, 1.807) is 18.3 Å². The van der Waals surface area contributed by atoms with Gasteiger partial charge >= 0.3 is 0 Å². The molecular formula is C22H23ClN4O. The lowest BCUT2D eigenvalue weighted by Gasteiger charge is -2.35. The van der Waals surface area contributed by atoms with Crippen LogP contribution in [-0.4, -0.2) is 33.9 Å². The van der Waals surface area contributed by atoms with Crippen molar-refractivity contribution in [1.29, 1.82) is 0 Å². The maximum Gasteiger partial charge on any atom is 0.228 e. The molecular weight excluding hydrogens is 372 g/mol. The Kier molecular flexibility index (Phi) is 5.55. The second kappa shape index (κ2) is 8.25. The van der Waals surface area contributed by atoms with Crippen molar-refractivity contribution < 1.29 is 4.79 Å². The largest absolute Gasteiger partial charge is 0.310 e. The molecule has 1 aliphatic heterocycles. The maximum absolute atomic E-state index is 12.6. The lowest BCUT2D eigenvalue weighted by Crippen LogP contribution is -2.39. The van der Waals surface area contributed by atoms with Gasteiger partial charge in [-0.05, 0) is 56.6 Å². The van der Waals surface area contributed by atoms with E-state index in [2.05, 4.69) is 51.4 Å². The summed E-state index contributed by atoms with van der Waals surface area (Å²) >= 11 is 5.84. The molecule has 1 aromatic carbocycles. The van der Waals surface area contributed by atoms with E-state index in [1.807, 2.05) is 12.3 Å². The number of fused-ring (bicyclic) bond motifs is 1. The standard InChI is InChI=1S/C22H23ClN4O/c1-15(19-6-2-4-16-5-3-11-24-21(16)19)27-12-9-17(10-13-27)22(28)26-20-8-7-18(23)14-25-20/h2-8,11,14-15,17H,9-10,12-13H2,1H3,(H,25,26,28). The first-order chi connectivity index (χ1) is 13.6. The highest BCUT2D eigenvalue weighted by Crippen LogP contribution is 2.30. The number of hydrogen-bond acceptors (Lipinski definition) is 4. The average Bonchev–Trinajstić information content (AvgIpc) is 2.74. The van der Waals surface area contributed by atoms with E-state index in [1.165, 1.54) is 5.56 Å².